The molecular weight excluding hydrogens is 293 g/mol. The summed E-state index contributed by atoms with van der Waals surface area (Å²) in [5, 5.41) is -0.544. The lowest BCUT2D eigenvalue weighted by molar-refractivity contribution is -0.127. The standard InChI is InChI=1S/C15H20FNO3S/c1-11(2)21(19,20)10-15(18)17-8-7-13(9-17)12-3-5-14(16)6-4-12/h3-6,11,13H,7-10H2,1-2H3. The molecule has 0 N–H and O–H groups in total. The van der Waals surface area contributed by atoms with Crippen LogP contribution in [0.15, 0.2) is 24.3 Å². The molecule has 2 rings (SSSR count). The molecule has 1 saturated heterocycles. The summed E-state index contributed by atoms with van der Waals surface area (Å²) in [4.78, 5) is 13.7. The number of hydrogen-bond donors (Lipinski definition) is 0. The van der Waals surface area contributed by atoms with Gasteiger partial charge in [0.05, 0.1) is 5.25 Å². The summed E-state index contributed by atoms with van der Waals surface area (Å²) in [6.07, 6.45) is 0.777. The van der Waals surface area contributed by atoms with E-state index >= 15 is 0 Å². The average molecular weight is 313 g/mol. The van der Waals surface area contributed by atoms with E-state index in [9.17, 15) is 17.6 Å². The minimum atomic E-state index is -3.36. The molecule has 0 saturated carbocycles. The third-order valence-corrected chi connectivity index (χ3v) is 6.01. The van der Waals surface area contributed by atoms with Crippen LogP contribution in [0.25, 0.3) is 0 Å². The van der Waals surface area contributed by atoms with Crippen LogP contribution in [0.5, 0.6) is 0 Å². The lowest BCUT2D eigenvalue weighted by Crippen LogP contribution is -2.36. The van der Waals surface area contributed by atoms with E-state index in [2.05, 4.69) is 0 Å². The maximum atomic E-state index is 12.9. The summed E-state index contributed by atoms with van der Waals surface area (Å²) in [5.74, 6) is -0.904. The van der Waals surface area contributed by atoms with Crippen LogP contribution < -0.4 is 0 Å². The van der Waals surface area contributed by atoms with Gasteiger partial charge in [-0.3, -0.25) is 4.79 Å². The Hall–Kier alpha value is -1.43. The SMILES string of the molecule is CC(C)S(=O)(=O)CC(=O)N1CCC(c2ccc(F)cc2)C1. The van der Waals surface area contributed by atoms with Crippen molar-refractivity contribution < 1.29 is 17.6 Å². The number of rotatable bonds is 4. The van der Waals surface area contributed by atoms with Gasteiger partial charge in [0.25, 0.3) is 0 Å². The topological polar surface area (TPSA) is 54.5 Å². The van der Waals surface area contributed by atoms with Crippen molar-refractivity contribution in [2.45, 2.75) is 31.4 Å². The third kappa shape index (κ3) is 3.81. The first kappa shape index (κ1) is 15.9. The van der Waals surface area contributed by atoms with Gasteiger partial charge < -0.3 is 4.90 Å². The minimum Gasteiger partial charge on any atom is -0.341 e. The Morgan fingerprint density at radius 2 is 1.95 bits per heavy atom. The number of halogens is 1. The maximum Gasteiger partial charge on any atom is 0.237 e. The highest BCUT2D eigenvalue weighted by Crippen LogP contribution is 2.27. The number of nitrogens with zero attached hydrogens (tertiary/aromatic N) is 1. The Bertz CT molecular complexity index is 610. The molecule has 0 aliphatic carbocycles. The number of hydrogen-bond acceptors (Lipinski definition) is 3. The first-order valence-electron chi connectivity index (χ1n) is 7.04. The quantitative estimate of drug-likeness (QED) is 0.854. The zero-order valence-corrected chi connectivity index (χ0v) is 13.1. The number of carbonyl (C=O) groups excluding carboxylic acids is 1. The van der Waals surface area contributed by atoms with E-state index in [4.69, 9.17) is 0 Å². The van der Waals surface area contributed by atoms with Gasteiger partial charge in [0, 0.05) is 19.0 Å². The van der Waals surface area contributed by atoms with E-state index in [-0.39, 0.29) is 17.6 Å². The largest absolute Gasteiger partial charge is 0.341 e. The smallest absolute Gasteiger partial charge is 0.237 e. The Morgan fingerprint density at radius 3 is 2.52 bits per heavy atom. The van der Waals surface area contributed by atoms with Crippen LogP contribution in [0.2, 0.25) is 0 Å². The number of likely N-dealkylation sites (tertiary alicyclic amines) is 1. The van der Waals surface area contributed by atoms with Gasteiger partial charge in [-0.2, -0.15) is 0 Å². The molecule has 21 heavy (non-hydrogen) atoms. The summed E-state index contributed by atoms with van der Waals surface area (Å²) in [6.45, 7) is 4.20. The van der Waals surface area contributed by atoms with Gasteiger partial charge in [0.15, 0.2) is 9.84 Å². The molecule has 1 amide bonds. The highest BCUT2D eigenvalue weighted by Gasteiger charge is 2.30. The van der Waals surface area contributed by atoms with Crippen molar-refractivity contribution >= 4 is 15.7 Å². The van der Waals surface area contributed by atoms with E-state index in [0.717, 1.165) is 12.0 Å². The highest BCUT2D eigenvalue weighted by atomic mass is 32.2. The molecular formula is C15H20FNO3S. The van der Waals surface area contributed by atoms with Gasteiger partial charge in [-0.15, -0.1) is 0 Å². The number of carbonyl (C=O) groups is 1. The van der Waals surface area contributed by atoms with Gasteiger partial charge in [0.2, 0.25) is 5.91 Å². The van der Waals surface area contributed by atoms with Gasteiger partial charge >= 0.3 is 0 Å². The molecule has 1 aromatic rings. The zero-order valence-electron chi connectivity index (χ0n) is 12.3. The second-order valence-corrected chi connectivity index (χ2v) is 8.29. The Kier molecular flexibility index (Phi) is 4.66. The van der Waals surface area contributed by atoms with Crippen molar-refractivity contribution in [3.8, 4) is 0 Å². The van der Waals surface area contributed by atoms with Crippen molar-refractivity contribution in [3.63, 3.8) is 0 Å². The molecule has 6 heteroatoms. The van der Waals surface area contributed by atoms with Crippen LogP contribution in [0.3, 0.4) is 0 Å². The predicted molar refractivity (Wildman–Crippen MR) is 79.3 cm³/mol. The summed E-state index contributed by atoms with van der Waals surface area (Å²) in [6, 6.07) is 6.25. The van der Waals surface area contributed by atoms with Crippen LogP contribution in [-0.2, 0) is 14.6 Å². The summed E-state index contributed by atoms with van der Waals surface area (Å²) >= 11 is 0. The first-order valence-corrected chi connectivity index (χ1v) is 8.76. The molecule has 0 radical (unpaired) electrons. The monoisotopic (exact) mass is 313 g/mol. The van der Waals surface area contributed by atoms with Crippen LogP contribution in [0, 0.1) is 5.82 Å². The number of amides is 1. The molecule has 1 atom stereocenters. The van der Waals surface area contributed by atoms with Gasteiger partial charge in [-0.1, -0.05) is 12.1 Å². The Morgan fingerprint density at radius 1 is 1.33 bits per heavy atom. The molecule has 0 bridgehead atoms. The summed E-state index contributed by atoms with van der Waals surface area (Å²) < 4.78 is 36.5. The fraction of sp³-hybridized carbons (Fsp3) is 0.533. The molecule has 4 nitrogen and oxygen atoms in total. The van der Waals surface area contributed by atoms with Crippen molar-refractivity contribution in [1.82, 2.24) is 4.90 Å². The lowest BCUT2D eigenvalue weighted by Gasteiger charge is -2.17. The van der Waals surface area contributed by atoms with Gasteiger partial charge in [-0.25, -0.2) is 12.8 Å². The highest BCUT2D eigenvalue weighted by molar-refractivity contribution is 7.92. The molecule has 1 heterocycles. The minimum absolute atomic E-state index is 0.149. The van der Waals surface area contributed by atoms with Crippen molar-refractivity contribution in [2.24, 2.45) is 0 Å². The summed E-state index contributed by atoms with van der Waals surface area (Å²) in [5.41, 5.74) is 0.985. The Labute approximate surface area is 124 Å². The number of sulfone groups is 1. The summed E-state index contributed by atoms with van der Waals surface area (Å²) in [7, 11) is -3.36. The average Bonchev–Trinajstić information content (AvgIpc) is 2.88. The van der Waals surface area contributed by atoms with Crippen LogP contribution in [-0.4, -0.2) is 43.3 Å². The molecule has 1 aliphatic heterocycles. The predicted octanol–water partition coefficient (Wildman–Crippen LogP) is 1.96. The van der Waals surface area contributed by atoms with E-state index < -0.39 is 20.8 Å². The molecule has 0 aromatic heterocycles. The van der Waals surface area contributed by atoms with E-state index in [1.165, 1.54) is 12.1 Å². The van der Waals surface area contributed by atoms with Crippen molar-refractivity contribution in [3.05, 3.63) is 35.6 Å². The van der Waals surface area contributed by atoms with Crippen LogP contribution >= 0.6 is 0 Å². The van der Waals surface area contributed by atoms with Crippen LogP contribution in [0.1, 0.15) is 31.7 Å². The molecule has 0 spiro atoms. The van der Waals surface area contributed by atoms with Crippen molar-refractivity contribution in [2.75, 3.05) is 18.8 Å². The first-order chi connectivity index (χ1) is 9.79. The molecule has 1 aliphatic rings. The maximum absolute atomic E-state index is 12.9. The second kappa shape index (κ2) is 6.13. The second-order valence-electron chi connectivity index (χ2n) is 5.73. The van der Waals surface area contributed by atoms with E-state index in [0.29, 0.717) is 13.1 Å². The van der Waals surface area contributed by atoms with E-state index in [1.807, 2.05) is 0 Å². The zero-order chi connectivity index (χ0) is 15.6. The molecule has 116 valence electrons. The van der Waals surface area contributed by atoms with Gasteiger partial charge in [-0.05, 0) is 38.0 Å². The number of benzene rings is 1. The van der Waals surface area contributed by atoms with Crippen LogP contribution in [0.4, 0.5) is 4.39 Å². The fourth-order valence-corrected chi connectivity index (χ4v) is 3.28. The lowest BCUT2D eigenvalue weighted by atomic mass is 9.99. The van der Waals surface area contributed by atoms with Gasteiger partial charge in [0.1, 0.15) is 11.6 Å². The van der Waals surface area contributed by atoms with E-state index in [1.54, 1.807) is 30.9 Å². The molecule has 1 unspecified atom stereocenters. The molecule has 1 fully saturated rings. The fourth-order valence-electron chi connectivity index (χ4n) is 2.42. The third-order valence-electron chi connectivity index (χ3n) is 3.93. The normalized spacial score (nSPS) is 19.2. The Balaban J connectivity index is 1.99. The van der Waals surface area contributed by atoms with Crippen molar-refractivity contribution in [1.29, 1.82) is 0 Å². The molecule has 1 aromatic carbocycles.